The summed E-state index contributed by atoms with van der Waals surface area (Å²) >= 11 is 0. The molecule has 1 aliphatic carbocycles. The van der Waals surface area contributed by atoms with Gasteiger partial charge in [-0.05, 0) is 44.0 Å². The number of likely N-dealkylation sites (N-methyl/N-ethyl adjacent to an activating group) is 1. The third-order valence-electron chi connectivity index (χ3n) is 3.96. The van der Waals surface area contributed by atoms with Crippen molar-refractivity contribution in [3.63, 3.8) is 0 Å². The Bertz CT molecular complexity index is 358. The molecule has 0 aliphatic heterocycles. The number of aliphatic hydroxyl groups is 1. The zero-order chi connectivity index (χ0) is 13.5. The van der Waals surface area contributed by atoms with Gasteiger partial charge in [-0.1, -0.05) is 19.3 Å². The van der Waals surface area contributed by atoms with Crippen molar-refractivity contribution in [3.05, 3.63) is 24.3 Å². The molecule has 0 amide bonds. The molecule has 0 heterocycles. The van der Waals surface area contributed by atoms with E-state index in [0.717, 1.165) is 6.54 Å². The number of aliphatic hydroxyl groups excluding tert-OH is 1. The summed E-state index contributed by atoms with van der Waals surface area (Å²) in [5, 5.41) is 12.7. The van der Waals surface area contributed by atoms with Gasteiger partial charge in [-0.2, -0.15) is 0 Å². The van der Waals surface area contributed by atoms with E-state index < -0.39 is 0 Å². The van der Waals surface area contributed by atoms with Gasteiger partial charge in [0.05, 0.1) is 6.61 Å². The summed E-state index contributed by atoms with van der Waals surface area (Å²) in [7, 11) is 0. The zero-order valence-corrected chi connectivity index (χ0v) is 11.9. The van der Waals surface area contributed by atoms with Crippen LogP contribution in [0.1, 0.15) is 39.0 Å². The van der Waals surface area contributed by atoms with E-state index in [9.17, 15) is 0 Å². The first kappa shape index (κ1) is 14.2. The third kappa shape index (κ3) is 4.13. The van der Waals surface area contributed by atoms with Gasteiger partial charge in [0.1, 0.15) is 0 Å². The minimum atomic E-state index is 0.204. The predicted octanol–water partition coefficient (Wildman–Crippen LogP) is 3.25. The van der Waals surface area contributed by atoms with E-state index in [4.69, 9.17) is 5.11 Å². The zero-order valence-electron chi connectivity index (χ0n) is 11.9. The molecule has 19 heavy (non-hydrogen) atoms. The van der Waals surface area contributed by atoms with Gasteiger partial charge in [-0.3, -0.25) is 0 Å². The lowest BCUT2D eigenvalue weighted by Gasteiger charge is -2.25. The Hall–Kier alpha value is -1.22. The summed E-state index contributed by atoms with van der Waals surface area (Å²) in [6.45, 7) is 3.95. The molecule has 0 unspecified atom stereocenters. The van der Waals surface area contributed by atoms with Gasteiger partial charge < -0.3 is 15.3 Å². The number of rotatable bonds is 6. The highest BCUT2D eigenvalue weighted by Gasteiger charge is 2.12. The maximum Gasteiger partial charge on any atom is 0.0606 e. The Morgan fingerprint density at radius 1 is 1.16 bits per heavy atom. The maximum absolute atomic E-state index is 9.05. The monoisotopic (exact) mass is 262 g/mol. The molecule has 3 nitrogen and oxygen atoms in total. The molecule has 1 aromatic carbocycles. The van der Waals surface area contributed by atoms with Crippen LogP contribution in [-0.4, -0.2) is 30.8 Å². The lowest BCUT2D eigenvalue weighted by atomic mass is 9.95. The van der Waals surface area contributed by atoms with Crippen LogP contribution in [0.25, 0.3) is 0 Å². The highest BCUT2D eigenvalue weighted by Crippen LogP contribution is 2.23. The second-order valence-electron chi connectivity index (χ2n) is 5.33. The van der Waals surface area contributed by atoms with Gasteiger partial charge in [-0.15, -0.1) is 0 Å². The molecule has 0 atom stereocenters. The average molecular weight is 262 g/mol. The van der Waals surface area contributed by atoms with Crippen LogP contribution < -0.4 is 10.2 Å². The smallest absolute Gasteiger partial charge is 0.0606 e. The summed E-state index contributed by atoms with van der Waals surface area (Å²) in [5.41, 5.74) is 2.40. The number of hydrogen-bond donors (Lipinski definition) is 2. The van der Waals surface area contributed by atoms with Gasteiger partial charge in [-0.25, -0.2) is 0 Å². The van der Waals surface area contributed by atoms with Crippen LogP contribution in [-0.2, 0) is 0 Å². The van der Waals surface area contributed by atoms with Gasteiger partial charge in [0.2, 0.25) is 0 Å². The van der Waals surface area contributed by atoms with E-state index in [1.165, 1.54) is 43.5 Å². The minimum absolute atomic E-state index is 0.204. The molecule has 106 valence electrons. The van der Waals surface area contributed by atoms with Crippen LogP contribution in [0.4, 0.5) is 11.4 Å². The van der Waals surface area contributed by atoms with E-state index >= 15 is 0 Å². The van der Waals surface area contributed by atoms with E-state index in [1.54, 1.807) is 0 Å². The standard InChI is InChI=1S/C16H26N2O/c1-2-18(12-13-19)16-10-8-15(9-11-16)17-14-6-4-3-5-7-14/h8-11,14,17,19H,2-7,12-13H2,1H3. The first-order valence-corrected chi connectivity index (χ1v) is 7.56. The van der Waals surface area contributed by atoms with Crippen molar-refractivity contribution in [1.82, 2.24) is 0 Å². The fraction of sp³-hybridized carbons (Fsp3) is 0.625. The molecule has 0 bridgehead atoms. The number of nitrogens with zero attached hydrogens (tertiary/aromatic N) is 1. The van der Waals surface area contributed by atoms with E-state index in [-0.39, 0.29) is 6.61 Å². The first-order chi connectivity index (χ1) is 9.33. The summed E-state index contributed by atoms with van der Waals surface area (Å²) < 4.78 is 0. The van der Waals surface area contributed by atoms with Gasteiger partial charge >= 0.3 is 0 Å². The Kier molecular flexibility index (Phi) is 5.52. The fourth-order valence-corrected chi connectivity index (χ4v) is 2.84. The number of nitrogens with one attached hydrogen (secondary N) is 1. The molecule has 0 radical (unpaired) electrons. The Balaban J connectivity index is 1.93. The normalized spacial score (nSPS) is 16.3. The van der Waals surface area contributed by atoms with Crippen molar-refractivity contribution >= 4 is 11.4 Å². The van der Waals surface area contributed by atoms with Crippen LogP contribution in [0.5, 0.6) is 0 Å². The third-order valence-corrected chi connectivity index (χ3v) is 3.96. The predicted molar refractivity (Wildman–Crippen MR) is 81.9 cm³/mol. The van der Waals surface area contributed by atoms with Crippen LogP contribution in [0, 0.1) is 0 Å². The van der Waals surface area contributed by atoms with Crippen LogP contribution >= 0.6 is 0 Å². The maximum atomic E-state index is 9.05. The van der Waals surface area contributed by atoms with Crippen molar-refractivity contribution in [2.45, 2.75) is 45.1 Å². The number of hydrogen-bond acceptors (Lipinski definition) is 3. The van der Waals surface area contributed by atoms with Gasteiger partial charge in [0, 0.05) is 30.5 Å². The second-order valence-corrected chi connectivity index (χ2v) is 5.33. The summed E-state index contributed by atoms with van der Waals surface area (Å²) in [5.74, 6) is 0. The summed E-state index contributed by atoms with van der Waals surface area (Å²) in [6.07, 6.45) is 6.70. The van der Waals surface area contributed by atoms with Crippen LogP contribution in [0.3, 0.4) is 0 Å². The summed E-state index contributed by atoms with van der Waals surface area (Å²) in [6, 6.07) is 9.25. The van der Waals surface area contributed by atoms with Crippen molar-refractivity contribution in [3.8, 4) is 0 Å². The molecule has 1 aliphatic rings. The second kappa shape index (κ2) is 7.39. The molecule has 0 aromatic heterocycles. The molecular weight excluding hydrogens is 236 g/mol. The number of benzene rings is 1. The van der Waals surface area contributed by atoms with Crippen molar-refractivity contribution in [2.75, 3.05) is 29.9 Å². The Labute approximate surface area is 116 Å². The first-order valence-electron chi connectivity index (χ1n) is 7.56. The van der Waals surface area contributed by atoms with E-state index in [0.29, 0.717) is 12.6 Å². The lowest BCUT2D eigenvalue weighted by Crippen LogP contribution is -2.26. The van der Waals surface area contributed by atoms with Gasteiger partial charge in [0.15, 0.2) is 0 Å². The molecule has 0 saturated heterocycles. The van der Waals surface area contributed by atoms with Crippen molar-refractivity contribution in [1.29, 1.82) is 0 Å². The molecular formula is C16H26N2O. The highest BCUT2D eigenvalue weighted by atomic mass is 16.3. The quantitative estimate of drug-likeness (QED) is 0.826. The molecule has 1 fully saturated rings. The van der Waals surface area contributed by atoms with E-state index in [2.05, 4.69) is 41.4 Å². The molecule has 3 heteroatoms. The molecule has 0 spiro atoms. The van der Waals surface area contributed by atoms with E-state index in [1.807, 2.05) is 0 Å². The highest BCUT2D eigenvalue weighted by molar-refractivity contribution is 5.55. The fourth-order valence-electron chi connectivity index (χ4n) is 2.84. The molecule has 2 rings (SSSR count). The lowest BCUT2D eigenvalue weighted by molar-refractivity contribution is 0.302. The summed E-state index contributed by atoms with van der Waals surface area (Å²) in [4.78, 5) is 2.18. The molecule has 2 N–H and O–H groups in total. The molecule has 1 aromatic rings. The average Bonchev–Trinajstić information content (AvgIpc) is 2.47. The topological polar surface area (TPSA) is 35.5 Å². The van der Waals surface area contributed by atoms with Crippen molar-refractivity contribution < 1.29 is 5.11 Å². The number of anilines is 2. The Morgan fingerprint density at radius 2 is 1.84 bits per heavy atom. The SMILES string of the molecule is CCN(CCO)c1ccc(NC2CCCCC2)cc1. The van der Waals surface area contributed by atoms with Crippen LogP contribution in [0.2, 0.25) is 0 Å². The van der Waals surface area contributed by atoms with Gasteiger partial charge in [0.25, 0.3) is 0 Å². The van der Waals surface area contributed by atoms with Crippen molar-refractivity contribution in [2.24, 2.45) is 0 Å². The Morgan fingerprint density at radius 3 is 2.42 bits per heavy atom. The molecule has 1 saturated carbocycles. The largest absolute Gasteiger partial charge is 0.395 e. The minimum Gasteiger partial charge on any atom is -0.395 e. The van der Waals surface area contributed by atoms with Crippen LogP contribution in [0.15, 0.2) is 24.3 Å².